The molecule has 174 valence electrons. The Morgan fingerprint density at radius 2 is 1.52 bits per heavy atom. The summed E-state index contributed by atoms with van der Waals surface area (Å²) in [5.74, 6) is 0.953. The van der Waals surface area contributed by atoms with Crippen LogP contribution in [0.1, 0.15) is 16.1 Å². The van der Waals surface area contributed by atoms with Gasteiger partial charge in [-0.1, -0.05) is 0 Å². The molecule has 33 heavy (non-hydrogen) atoms. The largest absolute Gasteiger partial charge is 0.493 e. The first-order chi connectivity index (χ1) is 15.9. The molecule has 0 unspecified atom stereocenters. The van der Waals surface area contributed by atoms with Gasteiger partial charge >= 0.3 is 5.97 Å². The molecule has 2 aromatic carbocycles. The summed E-state index contributed by atoms with van der Waals surface area (Å²) in [5, 5.41) is 5.28. The predicted molar refractivity (Wildman–Crippen MR) is 124 cm³/mol. The van der Waals surface area contributed by atoms with Crippen LogP contribution in [0.3, 0.4) is 0 Å². The Balaban J connectivity index is 1.80. The molecule has 3 aromatic rings. The lowest BCUT2D eigenvalue weighted by Crippen LogP contribution is -2.17. The van der Waals surface area contributed by atoms with Gasteiger partial charge in [-0.3, -0.25) is 4.79 Å². The second-order valence-electron chi connectivity index (χ2n) is 6.68. The van der Waals surface area contributed by atoms with Crippen LogP contribution in [0, 0.1) is 0 Å². The minimum Gasteiger partial charge on any atom is -0.493 e. The number of hydrogen-bond acceptors (Lipinski definition) is 9. The summed E-state index contributed by atoms with van der Waals surface area (Å²) in [6.07, 6.45) is 0.0126. The Morgan fingerprint density at radius 3 is 2.15 bits per heavy atom. The standard InChI is InChI=1S/C23H24N2O7S/c1-28-17-7-6-13(8-18(17)29-2)22-24-14(12-33-22)9-21(26)25-16-11-20(31-4)19(30-3)10-15(16)23(27)32-5/h6-8,10-12H,9H2,1-5H3,(H,25,26). The first-order valence-corrected chi connectivity index (χ1v) is 10.6. The van der Waals surface area contributed by atoms with E-state index in [1.54, 1.807) is 25.7 Å². The van der Waals surface area contributed by atoms with Crippen LogP contribution in [0.2, 0.25) is 0 Å². The molecule has 10 heteroatoms. The molecule has 9 nitrogen and oxygen atoms in total. The third-order valence-corrected chi connectivity index (χ3v) is 5.67. The SMILES string of the molecule is COC(=O)c1cc(OC)c(OC)cc1NC(=O)Cc1csc(-c2ccc(OC)c(OC)c2)n1. The molecule has 1 amide bonds. The number of nitrogens with zero attached hydrogens (tertiary/aromatic N) is 1. The zero-order valence-electron chi connectivity index (χ0n) is 18.9. The number of methoxy groups -OCH3 is 5. The van der Waals surface area contributed by atoms with Crippen molar-refractivity contribution in [3.63, 3.8) is 0 Å². The Labute approximate surface area is 195 Å². The number of amides is 1. The summed E-state index contributed by atoms with van der Waals surface area (Å²) < 4.78 is 25.9. The molecule has 0 aliphatic carbocycles. The fourth-order valence-electron chi connectivity index (χ4n) is 3.11. The summed E-state index contributed by atoms with van der Waals surface area (Å²) in [6.45, 7) is 0. The Kier molecular flexibility index (Phi) is 7.73. The molecule has 0 atom stereocenters. The zero-order valence-corrected chi connectivity index (χ0v) is 19.7. The van der Waals surface area contributed by atoms with Gasteiger partial charge < -0.3 is 29.0 Å². The molecule has 0 bridgehead atoms. The Hall–Kier alpha value is -3.79. The maximum atomic E-state index is 12.7. The molecule has 1 aromatic heterocycles. The van der Waals surface area contributed by atoms with Crippen LogP contribution in [0.25, 0.3) is 10.6 Å². The highest BCUT2D eigenvalue weighted by atomic mass is 32.1. The van der Waals surface area contributed by atoms with E-state index in [1.807, 2.05) is 12.1 Å². The van der Waals surface area contributed by atoms with Gasteiger partial charge in [-0.2, -0.15) is 0 Å². The van der Waals surface area contributed by atoms with Gasteiger partial charge in [0, 0.05) is 23.1 Å². The van der Waals surface area contributed by atoms with Gasteiger partial charge in [0.25, 0.3) is 0 Å². The van der Waals surface area contributed by atoms with E-state index in [2.05, 4.69) is 10.3 Å². The topological polar surface area (TPSA) is 105 Å². The fraction of sp³-hybridized carbons (Fsp3) is 0.261. The molecule has 1 N–H and O–H groups in total. The van der Waals surface area contributed by atoms with Crippen LogP contribution in [0.15, 0.2) is 35.7 Å². The number of nitrogens with one attached hydrogen (secondary N) is 1. The monoisotopic (exact) mass is 472 g/mol. The second-order valence-corrected chi connectivity index (χ2v) is 7.54. The molecule has 0 saturated heterocycles. The van der Waals surface area contributed by atoms with Crippen molar-refractivity contribution in [2.75, 3.05) is 40.9 Å². The van der Waals surface area contributed by atoms with E-state index in [4.69, 9.17) is 23.7 Å². The number of carbonyl (C=O) groups excluding carboxylic acids is 2. The van der Waals surface area contributed by atoms with Crippen LogP contribution < -0.4 is 24.3 Å². The van der Waals surface area contributed by atoms with Crippen molar-refractivity contribution < 1.29 is 33.3 Å². The highest BCUT2D eigenvalue weighted by Crippen LogP contribution is 2.35. The molecule has 0 spiro atoms. The van der Waals surface area contributed by atoms with Crippen molar-refractivity contribution in [3.05, 3.63) is 47.0 Å². The molecular formula is C23H24N2O7S. The number of aromatic nitrogens is 1. The van der Waals surface area contributed by atoms with Crippen molar-refractivity contribution in [1.29, 1.82) is 0 Å². The summed E-state index contributed by atoms with van der Waals surface area (Å²) >= 11 is 1.41. The van der Waals surface area contributed by atoms with Crippen molar-refractivity contribution >= 4 is 28.9 Å². The number of anilines is 1. The summed E-state index contributed by atoms with van der Waals surface area (Å²) in [7, 11) is 7.31. The van der Waals surface area contributed by atoms with Crippen molar-refractivity contribution in [2.24, 2.45) is 0 Å². The summed E-state index contributed by atoms with van der Waals surface area (Å²) in [5.41, 5.74) is 1.83. The second kappa shape index (κ2) is 10.7. The number of esters is 1. The highest BCUT2D eigenvalue weighted by molar-refractivity contribution is 7.13. The average molecular weight is 473 g/mol. The molecule has 0 saturated carbocycles. The van der Waals surface area contributed by atoms with Gasteiger partial charge in [0.2, 0.25) is 5.91 Å². The van der Waals surface area contributed by atoms with Gasteiger partial charge in [0.1, 0.15) is 5.01 Å². The molecule has 0 aliphatic heterocycles. The third kappa shape index (κ3) is 5.35. The smallest absolute Gasteiger partial charge is 0.340 e. The molecular weight excluding hydrogens is 448 g/mol. The molecule has 0 aliphatic rings. The van der Waals surface area contributed by atoms with E-state index in [-0.39, 0.29) is 23.6 Å². The highest BCUT2D eigenvalue weighted by Gasteiger charge is 2.20. The number of benzene rings is 2. The van der Waals surface area contributed by atoms with Crippen molar-refractivity contribution in [1.82, 2.24) is 4.98 Å². The van der Waals surface area contributed by atoms with Crippen LogP contribution in [-0.4, -0.2) is 52.4 Å². The van der Waals surface area contributed by atoms with Crippen LogP contribution in [0.5, 0.6) is 23.0 Å². The first-order valence-electron chi connectivity index (χ1n) is 9.75. The molecule has 1 heterocycles. The zero-order chi connectivity index (χ0) is 24.0. The lowest BCUT2D eigenvalue weighted by atomic mass is 10.1. The van der Waals surface area contributed by atoms with E-state index >= 15 is 0 Å². The average Bonchev–Trinajstić information content (AvgIpc) is 3.30. The van der Waals surface area contributed by atoms with Gasteiger partial charge in [-0.25, -0.2) is 9.78 Å². The fourth-order valence-corrected chi connectivity index (χ4v) is 3.93. The molecule has 0 radical (unpaired) electrons. The number of carbonyl (C=O) groups is 2. The molecule has 3 rings (SSSR count). The maximum absolute atomic E-state index is 12.7. The molecule has 0 fully saturated rings. The summed E-state index contributed by atoms with van der Waals surface area (Å²) in [6, 6.07) is 8.47. The number of thiazole rings is 1. The Bertz CT molecular complexity index is 1160. The minimum atomic E-state index is -0.615. The first kappa shape index (κ1) is 23.9. The number of ether oxygens (including phenoxy) is 5. The van der Waals surface area contributed by atoms with Crippen LogP contribution in [0.4, 0.5) is 5.69 Å². The normalized spacial score (nSPS) is 10.3. The van der Waals surface area contributed by atoms with E-state index in [1.165, 1.54) is 44.8 Å². The third-order valence-electron chi connectivity index (χ3n) is 4.73. The maximum Gasteiger partial charge on any atom is 0.340 e. The van der Waals surface area contributed by atoms with Crippen molar-refractivity contribution in [3.8, 4) is 33.6 Å². The van der Waals surface area contributed by atoms with Gasteiger partial charge in [-0.15, -0.1) is 11.3 Å². The predicted octanol–water partition coefficient (Wildman–Crippen LogP) is 3.81. The van der Waals surface area contributed by atoms with E-state index < -0.39 is 5.97 Å². The van der Waals surface area contributed by atoms with Crippen LogP contribution in [-0.2, 0) is 16.0 Å². The number of hydrogen-bond donors (Lipinski definition) is 1. The van der Waals surface area contributed by atoms with E-state index in [0.717, 1.165) is 10.6 Å². The van der Waals surface area contributed by atoms with Gasteiger partial charge in [0.15, 0.2) is 23.0 Å². The minimum absolute atomic E-state index is 0.0126. The number of rotatable bonds is 9. The lowest BCUT2D eigenvalue weighted by molar-refractivity contribution is -0.115. The van der Waals surface area contributed by atoms with Gasteiger partial charge in [0.05, 0.1) is 58.9 Å². The van der Waals surface area contributed by atoms with E-state index in [0.29, 0.717) is 28.7 Å². The quantitative estimate of drug-likeness (QED) is 0.469. The van der Waals surface area contributed by atoms with Crippen LogP contribution >= 0.6 is 11.3 Å². The lowest BCUT2D eigenvalue weighted by Gasteiger charge is -2.14. The van der Waals surface area contributed by atoms with Crippen molar-refractivity contribution in [2.45, 2.75) is 6.42 Å². The van der Waals surface area contributed by atoms with E-state index in [9.17, 15) is 9.59 Å². The Morgan fingerprint density at radius 1 is 0.879 bits per heavy atom. The summed E-state index contributed by atoms with van der Waals surface area (Å²) in [4.78, 5) is 29.5. The van der Waals surface area contributed by atoms with Gasteiger partial charge in [-0.05, 0) is 18.2 Å².